The van der Waals surface area contributed by atoms with Crippen LogP contribution in [0.3, 0.4) is 0 Å². The molecule has 0 amide bonds. The summed E-state index contributed by atoms with van der Waals surface area (Å²) in [5.41, 5.74) is 7.76. The Labute approximate surface area is 110 Å². The first-order valence-corrected chi connectivity index (χ1v) is 5.71. The number of ether oxygens (including phenoxy) is 1. The van der Waals surface area contributed by atoms with Crippen LogP contribution in [0.5, 0.6) is 11.5 Å². The van der Waals surface area contributed by atoms with Crippen molar-refractivity contribution in [2.75, 3.05) is 5.73 Å². The summed E-state index contributed by atoms with van der Waals surface area (Å²) >= 11 is 6.07. The molecular weight excluding hydrogens is 248 g/mol. The van der Waals surface area contributed by atoms with E-state index in [1.807, 2.05) is 25.1 Å². The molecule has 0 aliphatic carbocycles. The number of nitriles is 1. The third-order valence-corrected chi connectivity index (χ3v) is 2.74. The van der Waals surface area contributed by atoms with Crippen molar-refractivity contribution >= 4 is 17.3 Å². The first-order chi connectivity index (χ1) is 8.60. The maximum atomic E-state index is 8.75. The monoisotopic (exact) mass is 258 g/mol. The van der Waals surface area contributed by atoms with Crippen molar-refractivity contribution in [1.29, 1.82) is 5.26 Å². The van der Waals surface area contributed by atoms with Crippen LogP contribution in [0.2, 0.25) is 5.02 Å². The molecule has 2 aromatic rings. The summed E-state index contributed by atoms with van der Waals surface area (Å²) in [5, 5.41) is 9.28. The van der Waals surface area contributed by atoms with Gasteiger partial charge < -0.3 is 10.5 Å². The molecule has 0 spiro atoms. The van der Waals surface area contributed by atoms with Gasteiger partial charge in [0.2, 0.25) is 0 Å². The molecule has 2 N–H and O–H groups in total. The van der Waals surface area contributed by atoms with Crippen molar-refractivity contribution in [1.82, 2.24) is 0 Å². The number of rotatable bonds is 2. The fraction of sp³-hybridized carbons (Fsp3) is 0.0714. The van der Waals surface area contributed by atoms with E-state index in [1.54, 1.807) is 24.3 Å². The average Bonchev–Trinajstić information content (AvgIpc) is 2.34. The highest BCUT2D eigenvalue weighted by Crippen LogP contribution is 2.33. The van der Waals surface area contributed by atoms with Crippen LogP contribution in [0.1, 0.15) is 11.1 Å². The van der Waals surface area contributed by atoms with E-state index in [4.69, 9.17) is 27.3 Å². The van der Waals surface area contributed by atoms with Gasteiger partial charge in [-0.05, 0) is 42.8 Å². The fourth-order valence-electron chi connectivity index (χ4n) is 1.52. The number of anilines is 1. The molecule has 0 aliphatic heterocycles. The van der Waals surface area contributed by atoms with Crippen molar-refractivity contribution < 1.29 is 4.74 Å². The van der Waals surface area contributed by atoms with Gasteiger partial charge in [0.25, 0.3) is 0 Å². The topological polar surface area (TPSA) is 59.0 Å². The zero-order valence-corrected chi connectivity index (χ0v) is 10.5. The molecule has 0 aromatic heterocycles. The average molecular weight is 259 g/mol. The summed E-state index contributed by atoms with van der Waals surface area (Å²) < 4.78 is 5.63. The minimum absolute atomic E-state index is 0.408. The van der Waals surface area contributed by atoms with Gasteiger partial charge in [0.05, 0.1) is 22.3 Å². The molecule has 4 heteroatoms. The Morgan fingerprint density at radius 2 is 1.89 bits per heavy atom. The van der Waals surface area contributed by atoms with Crippen LogP contribution < -0.4 is 10.5 Å². The van der Waals surface area contributed by atoms with E-state index in [2.05, 4.69) is 0 Å². The summed E-state index contributed by atoms with van der Waals surface area (Å²) in [6, 6.07) is 12.4. The Kier molecular flexibility index (Phi) is 3.40. The second-order valence-electron chi connectivity index (χ2n) is 3.90. The van der Waals surface area contributed by atoms with Gasteiger partial charge in [0.1, 0.15) is 11.5 Å². The number of hydrogen-bond acceptors (Lipinski definition) is 3. The molecule has 0 unspecified atom stereocenters. The smallest absolute Gasteiger partial charge is 0.150 e. The number of halogens is 1. The molecule has 0 saturated carbocycles. The Bertz CT molecular complexity index is 632. The van der Waals surface area contributed by atoms with Crippen LogP contribution >= 0.6 is 11.6 Å². The molecule has 0 saturated heterocycles. The van der Waals surface area contributed by atoms with Crippen molar-refractivity contribution in [3.63, 3.8) is 0 Å². The van der Waals surface area contributed by atoms with Crippen molar-refractivity contribution in [3.05, 3.63) is 52.5 Å². The molecule has 18 heavy (non-hydrogen) atoms. The molecule has 2 rings (SSSR count). The Morgan fingerprint density at radius 1 is 1.17 bits per heavy atom. The number of hydrogen-bond donors (Lipinski definition) is 1. The van der Waals surface area contributed by atoms with Gasteiger partial charge in [-0.1, -0.05) is 17.7 Å². The summed E-state index contributed by atoms with van der Waals surface area (Å²) in [4.78, 5) is 0. The zero-order valence-electron chi connectivity index (χ0n) is 9.77. The highest BCUT2D eigenvalue weighted by atomic mass is 35.5. The van der Waals surface area contributed by atoms with Crippen molar-refractivity contribution in [2.24, 2.45) is 0 Å². The summed E-state index contributed by atoms with van der Waals surface area (Å²) in [7, 11) is 0. The maximum absolute atomic E-state index is 8.75. The standard InChI is InChI=1S/C14H11ClN2O/c1-9-2-4-13(11(15)6-9)18-14-5-3-10(8-16)7-12(14)17/h2-7H,17H2,1H3. The van der Waals surface area contributed by atoms with E-state index >= 15 is 0 Å². The number of benzene rings is 2. The number of aryl methyl sites for hydroxylation is 1. The van der Waals surface area contributed by atoms with E-state index < -0.39 is 0 Å². The lowest BCUT2D eigenvalue weighted by atomic mass is 10.2. The van der Waals surface area contributed by atoms with Crippen LogP contribution in [0.4, 0.5) is 5.69 Å². The van der Waals surface area contributed by atoms with Gasteiger partial charge >= 0.3 is 0 Å². The van der Waals surface area contributed by atoms with Gasteiger partial charge in [-0.25, -0.2) is 0 Å². The highest BCUT2D eigenvalue weighted by molar-refractivity contribution is 6.32. The number of nitrogens with two attached hydrogens (primary N) is 1. The second-order valence-corrected chi connectivity index (χ2v) is 4.31. The Balaban J connectivity index is 2.32. The number of nitrogens with zero attached hydrogens (tertiary/aromatic N) is 1. The molecule has 90 valence electrons. The third-order valence-electron chi connectivity index (χ3n) is 2.45. The molecule has 3 nitrogen and oxygen atoms in total. The van der Waals surface area contributed by atoms with E-state index in [0.29, 0.717) is 27.8 Å². The Hall–Kier alpha value is -2.18. The van der Waals surface area contributed by atoms with Crippen LogP contribution in [0.15, 0.2) is 36.4 Å². The lowest BCUT2D eigenvalue weighted by Gasteiger charge is -2.10. The molecule has 0 heterocycles. The third kappa shape index (κ3) is 2.55. The summed E-state index contributed by atoms with van der Waals surface area (Å²) in [5.74, 6) is 1.03. The summed E-state index contributed by atoms with van der Waals surface area (Å²) in [6.07, 6.45) is 0. The second kappa shape index (κ2) is 4.99. The quantitative estimate of drug-likeness (QED) is 0.831. The first-order valence-electron chi connectivity index (χ1n) is 5.34. The van der Waals surface area contributed by atoms with E-state index in [0.717, 1.165) is 5.56 Å². The van der Waals surface area contributed by atoms with E-state index in [1.165, 1.54) is 0 Å². The molecule has 0 bridgehead atoms. The largest absolute Gasteiger partial charge is 0.454 e. The lowest BCUT2D eigenvalue weighted by molar-refractivity contribution is 0.485. The lowest BCUT2D eigenvalue weighted by Crippen LogP contribution is -1.93. The maximum Gasteiger partial charge on any atom is 0.150 e. The van der Waals surface area contributed by atoms with Crippen LogP contribution in [0, 0.1) is 18.3 Å². The first kappa shape index (κ1) is 12.3. The predicted molar refractivity (Wildman–Crippen MR) is 71.8 cm³/mol. The van der Waals surface area contributed by atoms with Crippen molar-refractivity contribution in [2.45, 2.75) is 6.92 Å². The predicted octanol–water partition coefficient (Wildman–Crippen LogP) is 3.89. The van der Waals surface area contributed by atoms with Gasteiger partial charge in [-0.2, -0.15) is 5.26 Å². The zero-order chi connectivity index (χ0) is 13.1. The van der Waals surface area contributed by atoms with Gasteiger partial charge in [0.15, 0.2) is 0 Å². The molecule has 0 fully saturated rings. The Morgan fingerprint density at radius 3 is 2.50 bits per heavy atom. The van der Waals surface area contributed by atoms with Crippen LogP contribution in [-0.4, -0.2) is 0 Å². The normalized spacial score (nSPS) is 9.83. The van der Waals surface area contributed by atoms with Crippen LogP contribution in [0.25, 0.3) is 0 Å². The SMILES string of the molecule is Cc1ccc(Oc2ccc(C#N)cc2N)c(Cl)c1. The molecule has 0 atom stereocenters. The molecule has 0 radical (unpaired) electrons. The van der Waals surface area contributed by atoms with E-state index in [9.17, 15) is 0 Å². The highest BCUT2D eigenvalue weighted by Gasteiger charge is 2.06. The number of nitrogen functional groups attached to an aromatic ring is 1. The van der Waals surface area contributed by atoms with Gasteiger partial charge in [-0.15, -0.1) is 0 Å². The van der Waals surface area contributed by atoms with E-state index in [-0.39, 0.29) is 0 Å². The molecule has 2 aromatic carbocycles. The van der Waals surface area contributed by atoms with Crippen molar-refractivity contribution in [3.8, 4) is 17.6 Å². The summed E-state index contributed by atoms with van der Waals surface area (Å²) in [6.45, 7) is 1.95. The molecule has 0 aliphatic rings. The molecular formula is C14H11ClN2O. The minimum Gasteiger partial charge on any atom is -0.454 e. The van der Waals surface area contributed by atoms with Crippen LogP contribution in [-0.2, 0) is 0 Å². The minimum atomic E-state index is 0.408. The van der Waals surface area contributed by atoms with Gasteiger partial charge in [-0.3, -0.25) is 0 Å². The van der Waals surface area contributed by atoms with Gasteiger partial charge in [0, 0.05) is 0 Å². The fourth-order valence-corrected chi connectivity index (χ4v) is 1.79.